The predicted molar refractivity (Wildman–Crippen MR) is 96.2 cm³/mol. The number of hydrogen-bond donors (Lipinski definition) is 0. The highest BCUT2D eigenvalue weighted by Gasteiger charge is 2.36. The lowest BCUT2D eigenvalue weighted by Gasteiger charge is -2.35. The third-order valence-electron chi connectivity index (χ3n) is 4.14. The zero-order chi connectivity index (χ0) is 16.9. The van der Waals surface area contributed by atoms with Crippen molar-refractivity contribution in [1.29, 1.82) is 0 Å². The molecule has 122 valence electrons. The molecule has 0 saturated heterocycles. The molecule has 3 heteroatoms. The Balaban J connectivity index is 2.49. The molecule has 0 heterocycles. The summed E-state index contributed by atoms with van der Waals surface area (Å²) >= 11 is 0. The van der Waals surface area contributed by atoms with Gasteiger partial charge in [-0.2, -0.15) is 0 Å². The van der Waals surface area contributed by atoms with E-state index in [2.05, 4.69) is 57.8 Å². The van der Waals surface area contributed by atoms with Crippen LogP contribution in [0.15, 0.2) is 30.3 Å². The average Bonchev–Trinajstić information content (AvgIpc) is 2.42. The molecule has 1 aromatic rings. The minimum absolute atomic E-state index is 0.216. The van der Waals surface area contributed by atoms with Crippen molar-refractivity contribution in [2.24, 2.45) is 0 Å². The second-order valence-electron chi connectivity index (χ2n) is 7.64. The van der Waals surface area contributed by atoms with E-state index in [1.54, 1.807) is 0 Å². The summed E-state index contributed by atoms with van der Waals surface area (Å²) in [7, 11) is -1.72. The topological polar surface area (TPSA) is 18.5 Å². The molecular weight excluding hydrogens is 288 g/mol. The largest absolute Gasteiger partial charge is 0.406 e. The maximum Gasteiger partial charge on any atom is 0.193 e. The number of benzene rings is 1. The standard InChI is InChI=1S/C19H30O2Si/c1-18(2,3)22(6,7)21-15-11-14-19(4,5)20-16-17-12-9-8-10-13-17/h8-10,12-13H,15-16H2,1-7H3. The van der Waals surface area contributed by atoms with Crippen LogP contribution < -0.4 is 0 Å². The van der Waals surface area contributed by atoms with Crippen molar-refractivity contribution >= 4 is 8.32 Å². The molecule has 0 aliphatic heterocycles. The Morgan fingerprint density at radius 3 is 2.14 bits per heavy atom. The molecule has 0 bridgehead atoms. The van der Waals surface area contributed by atoms with E-state index in [-0.39, 0.29) is 5.04 Å². The number of hydrogen-bond acceptors (Lipinski definition) is 2. The molecule has 0 amide bonds. The van der Waals surface area contributed by atoms with Crippen molar-refractivity contribution in [2.45, 2.75) is 65.0 Å². The van der Waals surface area contributed by atoms with Crippen molar-refractivity contribution < 1.29 is 9.16 Å². The van der Waals surface area contributed by atoms with Crippen molar-refractivity contribution in [3.05, 3.63) is 35.9 Å². The lowest BCUT2D eigenvalue weighted by molar-refractivity contribution is 0.0143. The smallest absolute Gasteiger partial charge is 0.193 e. The molecule has 0 spiro atoms. The molecule has 1 rings (SSSR count). The molecular formula is C19H30O2Si. The highest BCUT2D eigenvalue weighted by atomic mass is 28.4. The third kappa shape index (κ3) is 6.35. The molecule has 22 heavy (non-hydrogen) atoms. The van der Waals surface area contributed by atoms with Gasteiger partial charge >= 0.3 is 0 Å². The van der Waals surface area contributed by atoms with Crippen LogP contribution in [-0.2, 0) is 15.8 Å². The molecule has 0 radical (unpaired) electrons. The van der Waals surface area contributed by atoms with Crippen LogP contribution in [-0.4, -0.2) is 20.5 Å². The third-order valence-corrected chi connectivity index (χ3v) is 8.62. The summed E-state index contributed by atoms with van der Waals surface area (Å²) in [6.45, 7) is 16.2. The lowest BCUT2D eigenvalue weighted by atomic mass is 10.1. The number of ether oxygens (including phenoxy) is 1. The van der Waals surface area contributed by atoms with E-state index in [0.717, 1.165) is 5.56 Å². The van der Waals surface area contributed by atoms with Gasteiger partial charge in [0.15, 0.2) is 8.32 Å². The van der Waals surface area contributed by atoms with Crippen LogP contribution in [0.3, 0.4) is 0 Å². The monoisotopic (exact) mass is 318 g/mol. The maximum absolute atomic E-state index is 6.06. The zero-order valence-corrected chi connectivity index (χ0v) is 16.1. The van der Waals surface area contributed by atoms with Crippen LogP contribution in [0.2, 0.25) is 18.1 Å². The van der Waals surface area contributed by atoms with Crippen molar-refractivity contribution in [3.8, 4) is 11.8 Å². The molecule has 1 aromatic carbocycles. The minimum Gasteiger partial charge on any atom is -0.406 e. The fourth-order valence-electron chi connectivity index (χ4n) is 1.56. The first-order chi connectivity index (χ1) is 10.0. The average molecular weight is 319 g/mol. The fraction of sp³-hybridized carbons (Fsp3) is 0.579. The molecule has 0 aromatic heterocycles. The van der Waals surface area contributed by atoms with Gasteiger partial charge in [0, 0.05) is 0 Å². The van der Waals surface area contributed by atoms with Crippen LogP contribution in [0.4, 0.5) is 0 Å². The second kappa shape index (κ2) is 7.46. The van der Waals surface area contributed by atoms with Gasteiger partial charge in [-0.25, -0.2) is 0 Å². The quantitative estimate of drug-likeness (QED) is 0.561. The summed E-state index contributed by atoms with van der Waals surface area (Å²) in [5.41, 5.74) is 0.696. The minimum atomic E-state index is -1.72. The van der Waals surface area contributed by atoms with Gasteiger partial charge < -0.3 is 9.16 Å². The maximum atomic E-state index is 6.06. The molecule has 0 atom stereocenters. The Bertz CT molecular complexity index is 516. The van der Waals surface area contributed by atoms with Crippen molar-refractivity contribution in [3.63, 3.8) is 0 Å². The second-order valence-corrected chi connectivity index (χ2v) is 12.4. The summed E-state index contributed by atoms with van der Waals surface area (Å²) in [4.78, 5) is 0. The van der Waals surface area contributed by atoms with E-state index in [9.17, 15) is 0 Å². The molecule has 0 fully saturated rings. The van der Waals surface area contributed by atoms with Crippen LogP contribution in [0.1, 0.15) is 40.2 Å². The summed E-state index contributed by atoms with van der Waals surface area (Å²) in [5, 5.41) is 0.216. The Labute approximate surface area is 137 Å². The Kier molecular flexibility index (Phi) is 6.43. The van der Waals surface area contributed by atoms with E-state index < -0.39 is 13.9 Å². The fourth-order valence-corrected chi connectivity index (χ4v) is 2.42. The van der Waals surface area contributed by atoms with Crippen LogP contribution in [0.25, 0.3) is 0 Å². The molecule has 0 saturated carbocycles. The van der Waals surface area contributed by atoms with Crippen LogP contribution in [0, 0.1) is 11.8 Å². The highest BCUT2D eigenvalue weighted by molar-refractivity contribution is 6.74. The van der Waals surface area contributed by atoms with Crippen molar-refractivity contribution in [1.82, 2.24) is 0 Å². The first-order valence-electron chi connectivity index (χ1n) is 7.85. The van der Waals surface area contributed by atoms with Gasteiger partial charge in [0.1, 0.15) is 5.60 Å². The Morgan fingerprint density at radius 1 is 1.00 bits per heavy atom. The summed E-state index contributed by atoms with van der Waals surface area (Å²) in [6, 6.07) is 10.2. The highest BCUT2D eigenvalue weighted by Crippen LogP contribution is 2.36. The van der Waals surface area contributed by atoms with Crippen molar-refractivity contribution in [2.75, 3.05) is 6.61 Å². The first kappa shape index (κ1) is 19.0. The number of rotatable bonds is 5. The first-order valence-corrected chi connectivity index (χ1v) is 10.8. The van der Waals surface area contributed by atoms with Gasteiger partial charge in [-0.3, -0.25) is 0 Å². The zero-order valence-electron chi connectivity index (χ0n) is 15.1. The Hall–Kier alpha value is -1.08. The van der Waals surface area contributed by atoms with E-state index >= 15 is 0 Å². The lowest BCUT2D eigenvalue weighted by Crippen LogP contribution is -2.40. The summed E-state index contributed by atoms with van der Waals surface area (Å²) in [6.07, 6.45) is 0. The van der Waals surface area contributed by atoms with E-state index in [1.165, 1.54) is 0 Å². The van der Waals surface area contributed by atoms with Gasteiger partial charge in [0.2, 0.25) is 0 Å². The summed E-state index contributed by atoms with van der Waals surface area (Å²) in [5.74, 6) is 6.31. The van der Waals surface area contributed by atoms with Crippen LogP contribution in [0.5, 0.6) is 0 Å². The normalized spacial score (nSPS) is 12.7. The SMILES string of the molecule is CC(C)(C#CCO[Si](C)(C)C(C)(C)C)OCc1ccccc1. The van der Waals surface area contributed by atoms with Gasteiger partial charge in [-0.15, -0.1) is 0 Å². The van der Waals surface area contributed by atoms with E-state index in [1.807, 2.05) is 32.0 Å². The molecule has 0 unspecified atom stereocenters. The molecule has 2 nitrogen and oxygen atoms in total. The van der Waals surface area contributed by atoms with Gasteiger partial charge in [0.25, 0.3) is 0 Å². The predicted octanol–water partition coefficient (Wildman–Crippen LogP) is 5.01. The molecule has 0 N–H and O–H groups in total. The molecule has 0 aliphatic carbocycles. The van der Waals surface area contributed by atoms with Crippen LogP contribution >= 0.6 is 0 Å². The van der Waals surface area contributed by atoms with Gasteiger partial charge in [0.05, 0.1) is 13.2 Å². The van der Waals surface area contributed by atoms with E-state index in [0.29, 0.717) is 13.2 Å². The van der Waals surface area contributed by atoms with Gasteiger partial charge in [-0.05, 0) is 37.5 Å². The molecule has 0 aliphatic rings. The Morgan fingerprint density at radius 2 is 1.59 bits per heavy atom. The van der Waals surface area contributed by atoms with Gasteiger partial charge in [-0.1, -0.05) is 62.9 Å². The van der Waals surface area contributed by atoms with E-state index in [4.69, 9.17) is 9.16 Å². The summed E-state index contributed by atoms with van der Waals surface area (Å²) < 4.78 is 12.0.